The number of amides is 1. The molecule has 0 saturated carbocycles. The Bertz CT molecular complexity index is 873. The molecule has 2 aromatic heterocycles. The van der Waals surface area contributed by atoms with Gasteiger partial charge in [-0.1, -0.05) is 11.6 Å². The zero-order chi connectivity index (χ0) is 17.1. The van der Waals surface area contributed by atoms with Gasteiger partial charge in [-0.2, -0.15) is 5.10 Å². The van der Waals surface area contributed by atoms with E-state index in [0.717, 1.165) is 11.4 Å². The molecule has 0 aliphatic carbocycles. The molecule has 7 heteroatoms. The van der Waals surface area contributed by atoms with Crippen LogP contribution in [0.2, 0.25) is 5.02 Å². The Morgan fingerprint density at radius 2 is 1.96 bits per heavy atom. The normalized spacial score (nSPS) is 10.6. The van der Waals surface area contributed by atoms with Gasteiger partial charge in [-0.25, -0.2) is 14.6 Å². The zero-order valence-electron chi connectivity index (χ0n) is 13.3. The molecule has 0 aliphatic heterocycles. The molecule has 0 atom stereocenters. The minimum atomic E-state index is -0.191. The predicted octanol–water partition coefficient (Wildman–Crippen LogP) is 2.86. The van der Waals surface area contributed by atoms with Crippen LogP contribution < -0.4 is 5.32 Å². The third-order valence-electron chi connectivity index (χ3n) is 3.50. The van der Waals surface area contributed by atoms with E-state index in [4.69, 9.17) is 11.6 Å². The smallest absolute Gasteiger partial charge is 0.255 e. The molecule has 3 aromatic rings. The first kappa shape index (κ1) is 16.1. The summed E-state index contributed by atoms with van der Waals surface area (Å²) in [7, 11) is 0. The number of benzene rings is 1. The lowest BCUT2D eigenvalue weighted by molar-refractivity contribution is 0.0949. The fourth-order valence-electron chi connectivity index (χ4n) is 2.28. The van der Waals surface area contributed by atoms with Gasteiger partial charge in [0, 0.05) is 17.4 Å². The lowest BCUT2D eigenvalue weighted by atomic mass is 10.2. The topological polar surface area (TPSA) is 72.7 Å². The molecule has 1 amide bonds. The number of carbonyl (C=O) groups excluding carboxylic acids is 1. The Morgan fingerprint density at radius 3 is 2.67 bits per heavy atom. The van der Waals surface area contributed by atoms with Crippen molar-refractivity contribution in [1.82, 2.24) is 25.1 Å². The third kappa shape index (κ3) is 3.60. The highest BCUT2D eigenvalue weighted by molar-refractivity contribution is 6.30. The van der Waals surface area contributed by atoms with Gasteiger partial charge in [-0.3, -0.25) is 4.79 Å². The van der Waals surface area contributed by atoms with Crippen molar-refractivity contribution in [1.29, 1.82) is 0 Å². The number of aryl methyl sites for hydroxylation is 2. The van der Waals surface area contributed by atoms with Crippen LogP contribution in [0.15, 0.2) is 42.7 Å². The van der Waals surface area contributed by atoms with Crippen LogP contribution in [0.25, 0.3) is 5.69 Å². The van der Waals surface area contributed by atoms with E-state index in [0.29, 0.717) is 28.6 Å². The summed E-state index contributed by atoms with van der Waals surface area (Å²) >= 11 is 5.89. The SMILES string of the molecule is Cc1nccc(CNC(=O)c2cn(-c3ccc(Cl)cc3)nc2C)n1. The second-order valence-corrected chi connectivity index (χ2v) is 5.76. The lowest BCUT2D eigenvalue weighted by Crippen LogP contribution is -2.23. The minimum absolute atomic E-state index is 0.191. The van der Waals surface area contributed by atoms with Crippen molar-refractivity contribution in [2.24, 2.45) is 0 Å². The summed E-state index contributed by atoms with van der Waals surface area (Å²) in [5.74, 6) is 0.484. The van der Waals surface area contributed by atoms with Crippen LogP contribution in [0.3, 0.4) is 0 Å². The fourth-order valence-corrected chi connectivity index (χ4v) is 2.40. The maximum absolute atomic E-state index is 12.4. The number of hydrogen-bond acceptors (Lipinski definition) is 4. The van der Waals surface area contributed by atoms with Crippen molar-refractivity contribution in [3.63, 3.8) is 0 Å². The number of aromatic nitrogens is 4. The highest BCUT2D eigenvalue weighted by Gasteiger charge is 2.14. The van der Waals surface area contributed by atoms with E-state index in [-0.39, 0.29) is 5.91 Å². The van der Waals surface area contributed by atoms with Gasteiger partial charge in [-0.05, 0) is 44.2 Å². The van der Waals surface area contributed by atoms with Gasteiger partial charge in [0.15, 0.2) is 0 Å². The van der Waals surface area contributed by atoms with Crippen molar-refractivity contribution in [3.8, 4) is 5.69 Å². The summed E-state index contributed by atoms with van der Waals surface area (Å²) in [5.41, 5.74) is 2.78. The molecule has 0 bridgehead atoms. The predicted molar refractivity (Wildman–Crippen MR) is 91.3 cm³/mol. The summed E-state index contributed by atoms with van der Waals surface area (Å²) in [4.78, 5) is 20.7. The molecule has 6 nitrogen and oxygen atoms in total. The molecule has 0 aliphatic rings. The quantitative estimate of drug-likeness (QED) is 0.792. The van der Waals surface area contributed by atoms with Crippen LogP contribution in [0.4, 0.5) is 0 Å². The van der Waals surface area contributed by atoms with Crippen molar-refractivity contribution in [2.45, 2.75) is 20.4 Å². The average molecular weight is 342 g/mol. The maximum Gasteiger partial charge on any atom is 0.255 e. The molecule has 1 N–H and O–H groups in total. The summed E-state index contributed by atoms with van der Waals surface area (Å²) in [6.45, 7) is 3.95. The number of carbonyl (C=O) groups is 1. The molecule has 0 radical (unpaired) electrons. The lowest BCUT2D eigenvalue weighted by Gasteiger charge is -2.04. The van der Waals surface area contributed by atoms with Crippen molar-refractivity contribution in [3.05, 3.63) is 70.5 Å². The minimum Gasteiger partial charge on any atom is -0.346 e. The largest absolute Gasteiger partial charge is 0.346 e. The molecule has 0 fully saturated rings. The molecule has 0 unspecified atom stereocenters. The van der Waals surface area contributed by atoms with E-state index in [1.807, 2.05) is 19.1 Å². The molecular formula is C17H16ClN5O. The van der Waals surface area contributed by atoms with E-state index < -0.39 is 0 Å². The van der Waals surface area contributed by atoms with Crippen molar-refractivity contribution < 1.29 is 4.79 Å². The molecule has 1 aromatic carbocycles. The summed E-state index contributed by atoms with van der Waals surface area (Å²) < 4.78 is 1.66. The Morgan fingerprint density at radius 1 is 1.21 bits per heavy atom. The summed E-state index contributed by atoms with van der Waals surface area (Å²) in [6.07, 6.45) is 3.38. The van der Waals surface area contributed by atoms with Crippen molar-refractivity contribution >= 4 is 17.5 Å². The molecule has 0 spiro atoms. The molecule has 0 saturated heterocycles. The Kier molecular flexibility index (Phi) is 4.57. The van der Waals surface area contributed by atoms with Crippen LogP contribution in [-0.4, -0.2) is 25.7 Å². The Labute approximate surface area is 144 Å². The number of halogens is 1. The number of nitrogens with zero attached hydrogens (tertiary/aromatic N) is 4. The molecule has 24 heavy (non-hydrogen) atoms. The van der Waals surface area contributed by atoms with Crippen LogP contribution in [0.5, 0.6) is 0 Å². The van der Waals surface area contributed by atoms with E-state index in [2.05, 4.69) is 20.4 Å². The van der Waals surface area contributed by atoms with Gasteiger partial charge >= 0.3 is 0 Å². The standard InChI is InChI=1S/C17H16ClN5O/c1-11-16(10-23(22-11)15-5-3-13(18)4-6-15)17(24)20-9-14-7-8-19-12(2)21-14/h3-8,10H,9H2,1-2H3,(H,20,24). The second-order valence-electron chi connectivity index (χ2n) is 5.33. The molecular weight excluding hydrogens is 326 g/mol. The number of rotatable bonds is 4. The highest BCUT2D eigenvalue weighted by Crippen LogP contribution is 2.15. The number of hydrogen-bond donors (Lipinski definition) is 1. The van der Waals surface area contributed by atoms with Gasteiger partial charge in [0.2, 0.25) is 0 Å². The van der Waals surface area contributed by atoms with Gasteiger partial charge in [-0.15, -0.1) is 0 Å². The van der Waals surface area contributed by atoms with Crippen LogP contribution in [0, 0.1) is 13.8 Å². The summed E-state index contributed by atoms with van der Waals surface area (Å²) in [5, 5.41) is 7.89. The van der Waals surface area contributed by atoms with E-state index in [1.165, 1.54) is 0 Å². The fraction of sp³-hybridized carbons (Fsp3) is 0.176. The highest BCUT2D eigenvalue weighted by atomic mass is 35.5. The van der Waals surface area contributed by atoms with E-state index in [9.17, 15) is 4.79 Å². The molecule has 2 heterocycles. The van der Waals surface area contributed by atoms with Gasteiger partial charge < -0.3 is 5.32 Å². The average Bonchev–Trinajstić information content (AvgIpc) is 2.95. The van der Waals surface area contributed by atoms with E-state index >= 15 is 0 Å². The molecule has 122 valence electrons. The van der Waals surface area contributed by atoms with E-state index in [1.54, 1.807) is 42.2 Å². The summed E-state index contributed by atoms with van der Waals surface area (Å²) in [6, 6.07) is 9.04. The first-order valence-electron chi connectivity index (χ1n) is 7.42. The second kappa shape index (κ2) is 6.80. The van der Waals surface area contributed by atoms with Crippen LogP contribution in [-0.2, 0) is 6.54 Å². The van der Waals surface area contributed by atoms with Gasteiger partial charge in [0.25, 0.3) is 5.91 Å². The van der Waals surface area contributed by atoms with Gasteiger partial charge in [0.1, 0.15) is 5.82 Å². The third-order valence-corrected chi connectivity index (χ3v) is 3.75. The number of nitrogens with one attached hydrogen (secondary N) is 1. The van der Waals surface area contributed by atoms with Gasteiger partial charge in [0.05, 0.1) is 29.2 Å². The Balaban J connectivity index is 1.74. The Hall–Kier alpha value is -2.73. The maximum atomic E-state index is 12.4. The first-order chi connectivity index (χ1) is 11.5. The first-order valence-corrected chi connectivity index (χ1v) is 7.79. The van der Waals surface area contributed by atoms with Crippen LogP contribution in [0.1, 0.15) is 27.6 Å². The zero-order valence-corrected chi connectivity index (χ0v) is 14.1. The monoisotopic (exact) mass is 341 g/mol. The molecule has 3 rings (SSSR count). The van der Waals surface area contributed by atoms with Crippen LogP contribution >= 0.6 is 11.6 Å². The van der Waals surface area contributed by atoms with Crippen molar-refractivity contribution in [2.75, 3.05) is 0 Å².